The molecular weight excluding hydrogens is 426 g/mol. The molecule has 5 rings (SSSR count). The van der Waals surface area contributed by atoms with Crippen LogP contribution in [0, 0.1) is 6.92 Å². The summed E-state index contributed by atoms with van der Waals surface area (Å²) < 4.78 is 1.54. The van der Waals surface area contributed by atoms with Crippen molar-refractivity contribution in [2.24, 2.45) is 0 Å². The van der Waals surface area contributed by atoms with E-state index in [0.29, 0.717) is 23.6 Å². The number of aryl methyl sites for hydroxylation is 1. The third-order valence-corrected chi connectivity index (χ3v) is 5.89. The Hall–Kier alpha value is -3.98. The smallest absolute Gasteiger partial charge is 0.248 e. The molecule has 0 amide bonds. The highest BCUT2D eigenvalue weighted by molar-refractivity contribution is 5.54. The standard InChI is InChI=1S/C25H29N9/c1-18-27-22(29-21-12-14-33(15-13-21)17-19-8-4-2-5-9-19)16-23(28-18)34-24(26)31-25(32-34)30-20-10-6-3-7-11-20/h2-11,16,21H,12-15,17H2,1H3,(H,27,28,29)(H3,26,30,31,32). The van der Waals surface area contributed by atoms with Crippen molar-refractivity contribution in [2.45, 2.75) is 32.4 Å². The lowest BCUT2D eigenvalue weighted by Crippen LogP contribution is -2.38. The third kappa shape index (κ3) is 5.32. The number of hydrogen-bond acceptors (Lipinski definition) is 8. The minimum absolute atomic E-state index is 0.261. The van der Waals surface area contributed by atoms with Crippen molar-refractivity contribution in [2.75, 3.05) is 29.5 Å². The first-order chi connectivity index (χ1) is 16.6. The van der Waals surface area contributed by atoms with Crippen LogP contribution in [0.3, 0.4) is 0 Å². The largest absolute Gasteiger partial charge is 0.368 e. The van der Waals surface area contributed by atoms with Gasteiger partial charge in [-0.3, -0.25) is 4.90 Å². The monoisotopic (exact) mass is 455 g/mol. The summed E-state index contributed by atoms with van der Waals surface area (Å²) >= 11 is 0. The van der Waals surface area contributed by atoms with E-state index in [9.17, 15) is 0 Å². The van der Waals surface area contributed by atoms with Crippen molar-refractivity contribution in [3.05, 3.63) is 78.1 Å². The van der Waals surface area contributed by atoms with Crippen molar-refractivity contribution >= 4 is 23.4 Å². The second-order valence-corrected chi connectivity index (χ2v) is 8.54. The van der Waals surface area contributed by atoms with Gasteiger partial charge in [-0.25, -0.2) is 9.97 Å². The number of piperidine rings is 1. The van der Waals surface area contributed by atoms with E-state index in [0.717, 1.165) is 44.0 Å². The fraction of sp³-hybridized carbons (Fsp3) is 0.280. The number of para-hydroxylation sites is 1. The highest BCUT2D eigenvalue weighted by Crippen LogP contribution is 2.21. The van der Waals surface area contributed by atoms with Crippen LogP contribution in [0.5, 0.6) is 0 Å². The molecular formula is C25H29N9. The summed E-state index contributed by atoms with van der Waals surface area (Å²) in [6.07, 6.45) is 2.11. The van der Waals surface area contributed by atoms with E-state index < -0.39 is 0 Å². The van der Waals surface area contributed by atoms with Gasteiger partial charge < -0.3 is 16.4 Å². The van der Waals surface area contributed by atoms with Gasteiger partial charge in [0.15, 0.2) is 5.82 Å². The molecule has 3 heterocycles. The topological polar surface area (TPSA) is 110 Å². The zero-order chi connectivity index (χ0) is 23.3. The Labute approximate surface area is 199 Å². The van der Waals surface area contributed by atoms with Crippen LogP contribution in [0.4, 0.5) is 23.4 Å². The summed E-state index contributed by atoms with van der Waals surface area (Å²) in [4.78, 5) is 16.0. The van der Waals surface area contributed by atoms with Gasteiger partial charge in [0.25, 0.3) is 0 Å². The van der Waals surface area contributed by atoms with Crippen molar-refractivity contribution in [1.29, 1.82) is 0 Å². The number of aromatic nitrogens is 5. The van der Waals surface area contributed by atoms with Crippen LogP contribution >= 0.6 is 0 Å². The first-order valence-electron chi connectivity index (χ1n) is 11.6. The summed E-state index contributed by atoms with van der Waals surface area (Å²) in [6, 6.07) is 22.6. The minimum Gasteiger partial charge on any atom is -0.368 e. The van der Waals surface area contributed by atoms with Crippen molar-refractivity contribution < 1.29 is 0 Å². The summed E-state index contributed by atoms with van der Waals surface area (Å²) in [7, 11) is 0. The number of hydrogen-bond donors (Lipinski definition) is 3. The van der Waals surface area contributed by atoms with E-state index in [1.807, 2.05) is 43.3 Å². The van der Waals surface area contributed by atoms with Gasteiger partial charge in [0.05, 0.1) is 0 Å². The molecule has 34 heavy (non-hydrogen) atoms. The number of benzene rings is 2. The lowest BCUT2D eigenvalue weighted by atomic mass is 10.0. The first-order valence-corrected chi connectivity index (χ1v) is 11.6. The summed E-state index contributed by atoms with van der Waals surface area (Å²) in [5.41, 5.74) is 8.40. The maximum Gasteiger partial charge on any atom is 0.248 e. The van der Waals surface area contributed by atoms with Crippen LogP contribution in [0.2, 0.25) is 0 Å². The van der Waals surface area contributed by atoms with Gasteiger partial charge in [0, 0.05) is 37.4 Å². The van der Waals surface area contributed by atoms with E-state index in [1.54, 1.807) is 0 Å². The van der Waals surface area contributed by atoms with Crippen LogP contribution in [-0.4, -0.2) is 48.8 Å². The second kappa shape index (κ2) is 9.88. The molecule has 1 fully saturated rings. The summed E-state index contributed by atoms with van der Waals surface area (Å²) in [5.74, 6) is 2.69. The fourth-order valence-electron chi connectivity index (χ4n) is 4.22. The molecule has 9 heteroatoms. The molecule has 4 aromatic rings. The van der Waals surface area contributed by atoms with Gasteiger partial charge in [-0.2, -0.15) is 9.67 Å². The molecule has 0 bridgehead atoms. The van der Waals surface area contributed by atoms with Gasteiger partial charge in [-0.15, -0.1) is 5.10 Å². The molecule has 1 aliphatic rings. The van der Waals surface area contributed by atoms with Crippen molar-refractivity contribution in [3.8, 4) is 5.82 Å². The third-order valence-electron chi connectivity index (χ3n) is 5.89. The van der Waals surface area contributed by atoms with E-state index in [2.05, 4.69) is 65.9 Å². The molecule has 0 atom stereocenters. The Kier molecular flexibility index (Phi) is 6.35. The molecule has 4 N–H and O–H groups in total. The maximum absolute atomic E-state index is 6.15. The quantitative estimate of drug-likeness (QED) is 0.386. The number of anilines is 4. The van der Waals surface area contributed by atoms with E-state index in [-0.39, 0.29) is 5.95 Å². The Balaban J connectivity index is 1.24. The molecule has 2 aromatic carbocycles. The van der Waals surface area contributed by atoms with Crippen LogP contribution in [0.25, 0.3) is 5.82 Å². The Bertz CT molecular complexity index is 1220. The predicted molar refractivity (Wildman–Crippen MR) is 134 cm³/mol. The normalized spacial score (nSPS) is 14.7. The number of nitrogens with one attached hydrogen (secondary N) is 2. The van der Waals surface area contributed by atoms with Gasteiger partial charge in [-0.05, 0) is 37.5 Å². The van der Waals surface area contributed by atoms with Crippen LogP contribution in [-0.2, 0) is 6.54 Å². The molecule has 0 aliphatic carbocycles. The Morgan fingerprint density at radius 3 is 2.38 bits per heavy atom. The average molecular weight is 456 g/mol. The number of nitrogens with zero attached hydrogens (tertiary/aromatic N) is 6. The van der Waals surface area contributed by atoms with Gasteiger partial charge >= 0.3 is 0 Å². The van der Waals surface area contributed by atoms with E-state index >= 15 is 0 Å². The second-order valence-electron chi connectivity index (χ2n) is 8.54. The molecule has 1 saturated heterocycles. The minimum atomic E-state index is 0.261. The molecule has 0 spiro atoms. The Morgan fingerprint density at radius 2 is 1.65 bits per heavy atom. The highest BCUT2D eigenvalue weighted by atomic mass is 15.4. The molecule has 2 aromatic heterocycles. The molecule has 174 valence electrons. The molecule has 1 aliphatic heterocycles. The van der Waals surface area contributed by atoms with Crippen LogP contribution in [0.15, 0.2) is 66.7 Å². The maximum atomic E-state index is 6.15. The number of likely N-dealkylation sites (tertiary alicyclic amines) is 1. The average Bonchev–Trinajstić information content (AvgIpc) is 3.21. The van der Waals surface area contributed by atoms with E-state index in [1.165, 1.54) is 10.2 Å². The number of nitrogens with two attached hydrogens (primary N) is 1. The molecule has 0 radical (unpaired) electrons. The van der Waals surface area contributed by atoms with Gasteiger partial charge in [0.1, 0.15) is 11.6 Å². The fourth-order valence-corrected chi connectivity index (χ4v) is 4.22. The zero-order valence-electron chi connectivity index (χ0n) is 19.2. The molecule has 9 nitrogen and oxygen atoms in total. The number of nitrogen functional groups attached to an aromatic ring is 1. The lowest BCUT2D eigenvalue weighted by molar-refractivity contribution is 0.211. The van der Waals surface area contributed by atoms with Crippen LogP contribution in [0.1, 0.15) is 24.2 Å². The van der Waals surface area contributed by atoms with Gasteiger partial charge in [0.2, 0.25) is 11.9 Å². The zero-order valence-corrected chi connectivity index (χ0v) is 19.2. The Morgan fingerprint density at radius 1 is 0.941 bits per heavy atom. The molecule has 0 unspecified atom stereocenters. The first kappa shape index (κ1) is 21.8. The predicted octanol–water partition coefficient (Wildman–Crippen LogP) is 3.77. The summed E-state index contributed by atoms with van der Waals surface area (Å²) in [5, 5.41) is 11.2. The van der Waals surface area contributed by atoms with Crippen molar-refractivity contribution in [1.82, 2.24) is 29.6 Å². The summed E-state index contributed by atoms with van der Waals surface area (Å²) in [6.45, 7) is 4.96. The molecule has 0 saturated carbocycles. The lowest BCUT2D eigenvalue weighted by Gasteiger charge is -2.32. The number of rotatable bonds is 7. The SMILES string of the molecule is Cc1nc(NC2CCN(Cc3ccccc3)CC2)cc(-n2nc(Nc3ccccc3)nc2N)n1. The van der Waals surface area contributed by atoms with Crippen molar-refractivity contribution in [3.63, 3.8) is 0 Å². The van der Waals surface area contributed by atoms with Crippen LogP contribution < -0.4 is 16.4 Å². The van der Waals surface area contributed by atoms with E-state index in [4.69, 9.17) is 5.73 Å². The highest BCUT2D eigenvalue weighted by Gasteiger charge is 2.20. The van der Waals surface area contributed by atoms with Gasteiger partial charge in [-0.1, -0.05) is 48.5 Å².